The van der Waals surface area contributed by atoms with Crippen LogP contribution in [0.5, 0.6) is 0 Å². The molecule has 4 radical (unpaired) electrons. The maximum Gasteiger partial charge on any atom is 3.00 e. The average Bonchev–Trinajstić information content (AvgIpc) is 0. The fourth-order valence-corrected chi connectivity index (χ4v) is 0. The topological polar surface area (TPSA) is 0 Å². The lowest BCUT2D eigenvalue weighted by Gasteiger charge is -1.00. The number of halogens is 4. The highest BCUT2D eigenvalue weighted by molar-refractivity contribution is 0.00300. The van der Waals surface area contributed by atoms with Crippen molar-refractivity contribution in [2.75, 3.05) is 0 Å². The second-order valence-electron chi connectivity index (χ2n) is 0. The summed E-state index contributed by atoms with van der Waals surface area (Å²) in [4.78, 5) is 0. The Hall–Kier alpha value is 0.0800. The van der Waals surface area contributed by atoms with Gasteiger partial charge in [-0.1, -0.05) is 0 Å². The van der Waals surface area contributed by atoms with Crippen LogP contribution in [0.3, 0.4) is 0 Å². The van der Waals surface area contributed by atoms with Gasteiger partial charge in [-0.2, -0.15) is 0 Å². The van der Waals surface area contributed by atoms with Crippen molar-refractivity contribution in [3.05, 3.63) is 0 Å². The first-order valence-corrected chi connectivity index (χ1v) is 0. The van der Waals surface area contributed by atoms with Crippen LogP contribution in [0.15, 0.2) is 0 Å². The number of hydrogen-bond donors (Lipinski definition) is 0. The van der Waals surface area contributed by atoms with Crippen molar-refractivity contribution in [3.8, 4) is 0 Å². The molecule has 0 aromatic rings. The molecular formula is ClF3. The van der Waals surface area contributed by atoms with E-state index in [1.165, 1.54) is 0 Å². The molecule has 0 aliphatic heterocycles. The van der Waals surface area contributed by atoms with Gasteiger partial charge in [-0.05, 0) is 0 Å². The van der Waals surface area contributed by atoms with Crippen LogP contribution in [0.25, 0.3) is 0 Å². The summed E-state index contributed by atoms with van der Waals surface area (Å²) in [7, 11) is 0. The van der Waals surface area contributed by atoms with Gasteiger partial charge in [-0.25, -0.2) is 0 Å². The molecule has 0 aliphatic rings. The van der Waals surface area contributed by atoms with Gasteiger partial charge in [0.05, 0.1) is 0 Å². The zero-order chi connectivity index (χ0) is 0. The molecule has 0 rings (SSSR count). The highest BCUT2D eigenvalue weighted by Gasteiger charge is 3.00. The molecule has 0 fully saturated rings. The van der Waals surface area contributed by atoms with E-state index in [0.717, 1.165) is 0 Å². The maximum absolute atomic E-state index is 0. The molecule has 0 atom stereocenters. The van der Waals surface area contributed by atoms with Gasteiger partial charge in [0.1, 0.15) is 0 Å². The predicted octanol–water partition coefficient (Wildman–Crippen LogP) is -8.99. The zero-order valence-electron chi connectivity index (χ0n) is 1.51. The molecule has 0 aromatic carbocycles. The van der Waals surface area contributed by atoms with Crippen molar-refractivity contribution in [1.29, 1.82) is 0 Å². The van der Waals surface area contributed by atoms with E-state index in [2.05, 4.69) is 0 Å². The van der Waals surface area contributed by atoms with Crippen LogP contribution in [0.1, 0.15) is 0 Å². The molecule has 0 heterocycles. The van der Waals surface area contributed by atoms with Crippen molar-refractivity contribution in [1.82, 2.24) is 0 Å². The van der Waals surface area contributed by atoms with Crippen molar-refractivity contribution >= 4 is 0 Å². The summed E-state index contributed by atoms with van der Waals surface area (Å²) in [5.41, 5.74) is 0. The van der Waals surface area contributed by atoms with Crippen LogP contribution in [0.4, 0.5) is 0 Å². The van der Waals surface area contributed by atoms with Gasteiger partial charge in [0.25, 0.3) is 0 Å². The predicted molar refractivity (Wildman–Crippen MR) is 0 cm³/mol. The van der Waals surface area contributed by atoms with E-state index in [0.29, 0.717) is 0 Å². The highest BCUT2D eigenvalue weighted by Crippen LogP contribution is 0.00000100. The Morgan fingerprint density at radius 3 is 0.500 bits per heavy atom. The molecule has 0 saturated heterocycles. The molecular weight excluding hydrogens is 92.4 g/mol. The van der Waals surface area contributed by atoms with E-state index in [1.54, 1.807) is 0 Å². The van der Waals surface area contributed by atoms with Crippen LogP contribution in [0, 0.1) is 12.4 Å². The van der Waals surface area contributed by atoms with Crippen LogP contribution in [-0.4, -0.2) is 0 Å². The number of hydrogen-bond acceptors (Lipinski definition) is 0. The van der Waals surface area contributed by atoms with Gasteiger partial charge in [-0.15, -0.1) is 0 Å². The van der Waals surface area contributed by atoms with Gasteiger partial charge >= 0.3 is 12.4 Å². The summed E-state index contributed by atoms with van der Waals surface area (Å²) in [5, 5.41) is 0. The summed E-state index contributed by atoms with van der Waals surface area (Å²) in [6, 6.07) is 0. The Morgan fingerprint density at radius 2 is 0.500 bits per heavy atom. The van der Waals surface area contributed by atoms with Crippen LogP contribution in [-0.2, 0) is 0 Å². The standard InChI is InChI=1S/Cl.3FH/h;3*1H/q+3;;;/p-3. The lowest BCUT2D eigenvalue weighted by molar-refractivity contribution is -0.00100. The van der Waals surface area contributed by atoms with E-state index in [-0.39, 0.29) is 26.5 Å². The monoisotopic (exact) mass is 92.0 g/mol. The third-order valence-electron chi connectivity index (χ3n) is 0. The summed E-state index contributed by atoms with van der Waals surface area (Å²) < 4.78 is 0. The van der Waals surface area contributed by atoms with Gasteiger partial charge in [0.2, 0.25) is 0 Å². The second-order valence-corrected chi connectivity index (χ2v) is 0. The summed E-state index contributed by atoms with van der Waals surface area (Å²) >= 11 is 0. The van der Waals surface area contributed by atoms with Crippen molar-refractivity contribution in [2.24, 2.45) is 0 Å². The minimum Gasteiger partial charge on any atom is -1.00 e. The van der Waals surface area contributed by atoms with Crippen LogP contribution in [0.2, 0.25) is 0 Å². The molecule has 0 N–H and O–H groups in total. The van der Waals surface area contributed by atoms with Gasteiger partial charge in [0, 0.05) is 0 Å². The molecule has 0 amide bonds. The zero-order valence-corrected chi connectivity index (χ0v) is 2.27. The first-order chi connectivity index (χ1) is 0. The van der Waals surface area contributed by atoms with E-state index in [4.69, 9.17) is 0 Å². The summed E-state index contributed by atoms with van der Waals surface area (Å²) in [5.74, 6) is 0. The van der Waals surface area contributed by atoms with Crippen molar-refractivity contribution < 1.29 is 26.5 Å². The minimum absolute atomic E-state index is 0. The molecule has 0 bridgehead atoms. The molecule has 0 saturated carbocycles. The number of rotatable bonds is 0. The van der Waals surface area contributed by atoms with Crippen LogP contribution < -0.4 is 14.1 Å². The molecule has 4 heteroatoms. The smallest absolute Gasteiger partial charge is 1.00 e. The molecule has 0 spiro atoms. The Balaban J connectivity index is 0. The minimum atomic E-state index is 0. The largest absolute Gasteiger partial charge is 3.00 e. The first kappa shape index (κ1) is 6050. The Labute approximate surface area is 27.7 Å². The molecule has 0 unspecified atom stereocenters. The quantitative estimate of drug-likeness (QED) is 0.278. The second kappa shape index (κ2) is 2080. The van der Waals surface area contributed by atoms with E-state index in [1.807, 2.05) is 0 Å². The van der Waals surface area contributed by atoms with Crippen molar-refractivity contribution in [3.63, 3.8) is 0 Å². The average molecular weight is 92.4 g/mol. The Bertz CT molecular complexity index is 3.25. The van der Waals surface area contributed by atoms with Gasteiger partial charge in [0.15, 0.2) is 0 Å². The van der Waals surface area contributed by atoms with Gasteiger partial charge in [-0.3, -0.25) is 0 Å². The molecule has 0 nitrogen and oxygen atoms in total. The summed E-state index contributed by atoms with van der Waals surface area (Å²) in [6.07, 6.45) is 0. The SMILES string of the molecule is [Cl+3].[F-].[F-].[F-]. The summed E-state index contributed by atoms with van der Waals surface area (Å²) in [6.45, 7) is 0. The lowest BCUT2D eigenvalue weighted by Crippen LogP contribution is -3.00. The first-order valence-electron chi connectivity index (χ1n) is 0. The normalized spacial score (nSPS) is 0. The molecule has 4 heavy (non-hydrogen) atoms. The maximum atomic E-state index is 0. The van der Waals surface area contributed by atoms with E-state index >= 15 is 0 Å². The van der Waals surface area contributed by atoms with Gasteiger partial charge < -0.3 is 14.1 Å². The Morgan fingerprint density at radius 1 is 0.500 bits per heavy atom. The fraction of sp³-hybridized carbons (Fsp3) is 0. The molecule has 0 aliphatic carbocycles. The van der Waals surface area contributed by atoms with E-state index < -0.39 is 0 Å². The van der Waals surface area contributed by atoms with Crippen LogP contribution >= 0.6 is 0 Å². The molecule has 28 valence electrons. The highest BCUT2D eigenvalue weighted by atomic mass is 35.5. The Kier molecular flexibility index (Phi) is 3150000. The lowest BCUT2D eigenvalue weighted by atomic mass is 19.0. The van der Waals surface area contributed by atoms with E-state index in [9.17, 15) is 0 Å². The third kappa shape index (κ3) is 379. The fourth-order valence-electron chi connectivity index (χ4n) is 0. The third-order valence-corrected chi connectivity index (χ3v) is 0. The molecule has 0 aromatic heterocycles. The van der Waals surface area contributed by atoms with Crippen molar-refractivity contribution in [2.45, 2.75) is 0 Å².